The van der Waals surface area contributed by atoms with Gasteiger partial charge in [-0.05, 0) is 57.2 Å². The number of aromatic nitrogens is 3. The molecule has 0 spiro atoms. The molecule has 0 radical (unpaired) electrons. The van der Waals surface area contributed by atoms with E-state index in [1.807, 2.05) is 13.0 Å². The van der Waals surface area contributed by atoms with Crippen molar-refractivity contribution in [3.8, 4) is 11.5 Å². The normalized spacial score (nSPS) is 13.5. The van der Waals surface area contributed by atoms with Crippen molar-refractivity contribution in [1.29, 1.82) is 0 Å². The number of benzene rings is 1. The molecule has 33 heavy (non-hydrogen) atoms. The van der Waals surface area contributed by atoms with Gasteiger partial charge >= 0.3 is 0 Å². The van der Waals surface area contributed by atoms with Gasteiger partial charge in [-0.25, -0.2) is 0 Å². The van der Waals surface area contributed by atoms with E-state index in [4.69, 9.17) is 14.5 Å². The van der Waals surface area contributed by atoms with Crippen molar-refractivity contribution >= 4 is 29.9 Å². The molecular formula is C24H39IN6O2. The molecule has 0 aliphatic carbocycles. The third-order valence-electron chi connectivity index (χ3n) is 5.59. The summed E-state index contributed by atoms with van der Waals surface area (Å²) in [5.41, 5.74) is 1.23. The average Bonchev–Trinajstić information content (AvgIpc) is 3.02. The maximum Gasteiger partial charge on any atom is 0.191 e. The number of methoxy groups -OCH3 is 1. The number of ether oxygens (including phenoxy) is 2. The Labute approximate surface area is 215 Å². The molecule has 0 bridgehead atoms. The standard InChI is InChI=1S/C24H38N6O2.HI/c1-4-25-24(27-16-14-23-29-28-22-11-7-6-8-17-30(22)23)26-15-9-10-19-12-13-20(31-3)21(18-19)32-5-2;/h12-13,18H,4-11,14-17H2,1-3H3,(H2,25,26,27);1H. The summed E-state index contributed by atoms with van der Waals surface area (Å²) in [6.07, 6.45) is 7.52. The molecule has 9 heteroatoms. The molecule has 2 N–H and O–H groups in total. The molecule has 1 aliphatic rings. The lowest BCUT2D eigenvalue weighted by Crippen LogP contribution is -2.38. The molecule has 1 aromatic heterocycles. The third kappa shape index (κ3) is 8.35. The number of fused-ring (bicyclic) bond motifs is 1. The zero-order chi connectivity index (χ0) is 22.6. The van der Waals surface area contributed by atoms with Crippen LogP contribution >= 0.6 is 24.0 Å². The zero-order valence-corrected chi connectivity index (χ0v) is 22.6. The monoisotopic (exact) mass is 570 g/mol. The highest BCUT2D eigenvalue weighted by molar-refractivity contribution is 14.0. The first-order chi connectivity index (χ1) is 15.7. The van der Waals surface area contributed by atoms with E-state index < -0.39 is 0 Å². The van der Waals surface area contributed by atoms with Crippen molar-refractivity contribution in [2.45, 2.75) is 65.3 Å². The fourth-order valence-electron chi connectivity index (χ4n) is 3.98. The fourth-order valence-corrected chi connectivity index (χ4v) is 3.98. The molecule has 0 saturated heterocycles. The average molecular weight is 571 g/mol. The third-order valence-corrected chi connectivity index (χ3v) is 5.59. The molecular weight excluding hydrogens is 531 g/mol. The lowest BCUT2D eigenvalue weighted by Gasteiger charge is -2.12. The SMILES string of the molecule is CCNC(=NCCCc1ccc(OC)c(OCC)c1)NCCc1nnc2n1CCCCC2.I. The predicted molar refractivity (Wildman–Crippen MR) is 143 cm³/mol. The smallest absolute Gasteiger partial charge is 0.191 e. The van der Waals surface area contributed by atoms with Gasteiger partial charge in [0.25, 0.3) is 0 Å². The number of hydrogen-bond donors (Lipinski definition) is 2. The van der Waals surface area contributed by atoms with E-state index in [-0.39, 0.29) is 24.0 Å². The summed E-state index contributed by atoms with van der Waals surface area (Å²) in [4.78, 5) is 4.74. The Morgan fingerprint density at radius 3 is 2.76 bits per heavy atom. The first-order valence-corrected chi connectivity index (χ1v) is 12.0. The predicted octanol–water partition coefficient (Wildman–Crippen LogP) is 3.76. The van der Waals surface area contributed by atoms with Gasteiger partial charge in [-0.2, -0.15) is 0 Å². The van der Waals surface area contributed by atoms with Crippen LogP contribution in [-0.2, 0) is 25.8 Å². The Morgan fingerprint density at radius 2 is 1.97 bits per heavy atom. The second kappa shape index (κ2) is 15.0. The van der Waals surface area contributed by atoms with Crippen molar-refractivity contribution in [1.82, 2.24) is 25.4 Å². The number of aliphatic imine (C=N–C) groups is 1. The van der Waals surface area contributed by atoms with Crippen LogP contribution in [0.15, 0.2) is 23.2 Å². The molecule has 2 heterocycles. The van der Waals surface area contributed by atoms with Crippen molar-refractivity contribution in [2.24, 2.45) is 4.99 Å². The van der Waals surface area contributed by atoms with Gasteiger partial charge in [0.1, 0.15) is 11.6 Å². The number of hydrogen-bond acceptors (Lipinski definition) is 5. The van der Waals surface area contributed by atoms with Gasteiger partial charge < -0.3 is 24.7 Å². The van der Waals surface area contributed by atoms with Crippen LogP contribution in [0.4, 0.5) is 0 Å². The number of halogens is 1. The Hall–Kier alpha value is -2.04. The molecule has 2 aromatic rings. The number of guanidine groups is 1. The van der Waals surface area contributed by atoms with E-state index in [0.717, 1.165) is 81.0 Å². The van der Waals surface area contributed by atoms with Crippen LogP contribution in [0, 0.1) is 0 Å². The molecule has 0 fully saturated rings. The largest absolute Gasteiger partial charge is 0.493 e. The van der Waals surface area contributed by atoms with Crippen LogP contribution in [0.1, 0.15) is 56.7 Å². The molecule has 0 saturated carbocycles. The molecule has 184 valence electrons. The van der Waals surface area contributed by atoms with Crippen LogP contribution in [0.3, 0.4) is 0 Å². The van der Waals surface area contributed by atoms with Crippen molar-refractivity contribution in [2.75, 3.05) is 33.4 Å². The van der Waals surface area contributed by atoms with Crippen LogP contribution in [0.25, 0.3) is 0 Å². The minimum atomic E-state index is 0. The van der Waals surface area contributed by atoms with Gasteiger partial charge in [-0.3, -0.25) is 4.99 Å². The summed E-state index contributed by atoms with van der Waals surface area (Å²) in [5, 5.41) is 15.6. The quantitative estimate of drug-likeness (QED) is 0.185. The maximum absolute atomic E-state index is 5.68. The first kappa shape index (κ1) is 27.2. The van der Waals surface area contributed by atoms with Gasteiger partial charge in [0.15, 0.2) is 17.5 Å². The topological polar surface area (TPSA) is 85.6 Å². The molecule has 0 atom stereocenters. The highest BCUT2D eigenvalue weighted by Crippen LogP contribution is 2.28. The molecule has 0 amide bonds. The van der Waals surface area contributed by atoms with Crippen molar-refractivity contribution in [3.63, 3.8) is 0 Å². The summed E-state index contributed by atoms with van der Waals surface area (Å²) in [5.74, 6) is 4.65. The van der Waals surface area contributed by atoms with E-state index in [0.29, 0.717) is 6.61 Å². The Kier molecular flexibility index (Phi) is 12.3. The molecule has 1 aromatic carbocycles. The Morgan fingerprint density at radius 1 is 1.09 bits per heavy atom. The van der Waals surface area contributed by atoms with E-state index >= 15 is 0 Å². The number of nitrogens with zero attached hydrogens (tertiary/aromatic N) is 4. The van der Waals surface area contributed by atoms with Gasteiger partial charge in [0, 0.05) is 39.0 Å². The fraction of sp³-hybridized carbons (Fsp3) is 0.625. The van der Waals surface area contributed by atoms with Crippen LogP contribution < -0.4 is 20.1 Å². The van der Waals surface area contributed by atoms with Crippen molar-refractivity contribution < 1.29 is 9.47 Å². The number of rotatable bonds is 11. The molecule has 3 rings (SSSR count). The number of aryl methyl sites for hydroxylation is 2. The van der Waals surface area contributed by atoms with Crippen LogP contribution in [0.5, 0.6) is 11.5 Å². The second-order valence-electron chi connectivity index (χ2n) is 7.95. The van der Waals surface area contributed by atoms with Crippen molar-refractivity contribution in [3.05, 3.63) is 35.4 Å². The van der Waals surface area contributed by atoms with E-state index in [9.17, 15) is 0 Å². The minimum absolute atomic E-state index is 0. The lowest BCUT2D eigenvalue weighted by molar-refractivity contribution is 0.310. The van der Waals surface area contributed by atoms with Gasteiger partial charge in [0.2, 0.25) is 0 Å². The molecule has 1 aliphatic heterocycles. The van der Waals surface area contributed by atoms with Crippen LogP contribution in [-0.4, -0.2) is 54.1 Å². The van der Waals surface area contributed by atoms with Gasteiger partial charge in [-0.1, -0.05) is 12.5 Å². The lowest BCUT2D eigenvalue weighted by atomic mass is 10.1. The summed E-state index contributed by atoms with van der Waals surface area (Å²) >= 11 is 0. The highest BCUT2D eigenvalue weighted by atomic mass is 127. The summed E-state index contributed by atoms with van der Waals surface area (Å²) in [6.45, 7) is 8.12. The number of nitrogens with one attached hydrogen (secondary N) is 2. The second-order valence-corrected chi connectivity index (χ2v) is 7.95. The summed E-state index contributed by atoms with van der Waals surface area (Å²) in [6, 6.07) is 6.13. The van der Waals surface area contributed by atoms with E-state index in [1.54, 1.807) is 7.11 Å². The summed E-state index contributed by atoms with van der Waals surface area (Å²) < 4.78 is 13.4. The molecule has 8 nitrogen and oxygen atoms in total. The zero-order valence-electron chi connectivity index (χ0n) is 20.2. The minimum Gasteiger partial charge on any atom is -0.493 e. The van der Waals surface area contributed by atoms with E-state index in [1.165, 1.54) is 24.8 Å². The van der Waals surface area contributed by atoms with Gasteiger partial charge in [0.05, 0.1) is 13.7 Å². The highest BCUT2D eigenvalue weighted by Gasteiger charge is 2.14. The summed E-state index contributed by atoms with van der Waals surface area (Å²) in [7, 11) is 1.67. The Balaban J connectivity index is 0.00000385. The van der Waals surface area contributed by atoms with Gasteiger partial charge in [-0.15, -0.1) is 34.2 Å². The molecule has 0 unspecified atom stereocenters. The Bertz CT molecular complexity index is 871. The van der Waals surface area contributed by atoms with E-state index in [2.05, 4.69) is 44.5 Å². The maximum atomic E-state index is 5.68. The first-order valence-electron chi connectivity index (χ1n) is 12.0. The van der Waals surface area contributed by atoms with Crippen LogP contribution in [0.2, 0.25) is 0 Å².